The van der Waals surface area contributed by atoms with Gasteiger partial charge in [0.1, 0.15) is 11.5 Å². The average Bonchev–Trinajstić information content (AvgIpc) is 2.54. The van der Waals surface area contributed by atoms with Gasteiger partial charge in [-0.25, -0.2) is 0 Å². The molecule has 0 aromatic heterocycles. The molecule has 1 aliphatic rings. The second kappa shape index (κ2) is 6.18. The second-order valence-corrected chi connectivity index (χ2v) is 5.28. The maximum absolute atomic E-state index is 12.4. The monoisotopic (exact) mass is 332 g/mol. The number of hydrogen-bond acceptors (Lipinski definition) is 4. The van der Waals surface area contributed by atoms with Crippen LogP contribution in [0.1, 0.15) is 10.4 Å². The smallest absolute Gasteiger partial charge is 0.262 e. The lowest BCUT2D eigenvalue weighted by Crippen LogP contribution is -2.25. The molecule has 6 nitrogen and oxygen atoms in total. The van der Waals surface area contributed by atoms with E-state index in [0.29, 0.717) is 33.5 Å². The lowest BCUT2D eigenvalue weighted by molar-refractivity contribution is -0.118. The summed E-state index contributed by atoms with van der Waals surface area (Å²) in [6.45, 7) is -0.0693. The van der Waals surface area contributed by atoms with E-state index < -0.39 is 0 Å². The van der Waals surface area contributed by atoms with Gasteiger partial charge in [0, 0.05) is 10.6 Å². The van der Waals surface area contributed by atoms with Crippen LogP contribution < -0.4 is 20.1 Å². The average molecular weight is 333 g/mol. The molecule has 2 N–H and O–H groups in total. The number of amides is 2. The molecule has 0 saturated carbocycles. The minimum Gasteiger partial charge on any atom is -0.495 e. The number of carbonyl (C=O) groups excluding carboxylic acids is 2. The SMILES string of the molecule is COc1ccc(Cl)cc1NC(=O)c1ccc2c(c1)OCC(=O)N2. The largest absolute Gasteiger partial charge is 0.495 e. The highest BCUT2D eigenvalue weighted by molar-refractivity contribution is 6.31. The number of nitrogens with one attached hydrogen (secondary N) is 2. The Morgan fingerprint density at radius 2 is 2.13 bits per heavy atom. The quantitative estimate of drug-likeness (QED) is 0.906. The maximum Gasteiger partial charge on any atom is 0.262 e. The molecule has 2 aromatic carbocycles. The van der Waals surface area contributed by atoms with Gasteiger partial charge in [-0.05, 0) is 36.4 Å². The van der Waals surface area contributed by atoms with Crippen molar-refractivity contribution in [3.63, 3.8) is 0 Å². The van der Waals surface area contributed by atoms with Crippen LogP contribution in [-0.4, -0.2) is 25.5 Å². The lowest BCUT2D eigenvalue weighted by Gasteiger charge is -2.18. The van der Waals surface area contributed by atoms with Crippen molar-refractivity contribution in [3.8, 4) is 11.5 Å². The Balaban J connectivity index is 1.84. The minimum atomic E-state index is -0.339. The molecule has 0 atom stereocenters. The van der Waals surface area contributed by atoms with E-state index in [0.717, 1.165) is 0 Å². The standard InChI is InChI=1S/C16H13ClN2O4/c1-22-13-5-3-10(17)7-12(13)19-16(21)9-2-4-11-14(6-9)23-8-15(20)18-11/h2-7H,8H2,1H3,(H,18,20)(H,19,21). The molecule has 0 unspecified atom stereocenters. The zero-order valence-electron chi connectivity index (χ0n) is 12.2. The van der Waals surface area contributed by atoms with E-state index in [9.17, 15) is 9.59 Å². The van der Waals surface area contributed by atoms with Crippen LogP contribution in [0, 0.1) is 0 Å². The van der Waals surface area contributed by atoms with Crippen molar-refractivity contribution in [1.82, 2.24) is 0 Å². The lowest BCUT2D eigenvalue weighted by atomic mass is 10.1. The summed E-state index contributed by atoms with van der Waals surface area (Å²) in [5, 5.41) is 5.90. The van der Waals surface area contributed by atoms with Crippen molar-refractivity contribution >= 4 is 34.8 Å². The molecule has 0 radical (unpaired) electrons. The number of carbonyl (C=O) groups is 2. The van der Waals surface area contributed by atoms with Gasteiger partial charge in [-0.15, -0.1) is 0 Å². The van der Waals surface area contributed by atoms with Crippen molar-refractivity contribution in [1.29, 1.82) is 0 Å². The first kappa shape index (κ1) is 15.2. The van der Waals surface area contributed by atoms with Gasteiger partial charge in [0.15, 0.2) is 6.61 Å². The predicted octanol–water partition coefficient (Wildman–Crippen LogP) is 2.93. The zero-order chi connectivity index (χ0) is 16.4. The predicted molar refractivity (Wildman–Crippen MR) is 86.5 cm³/mol. The van der Waals surface area contributed by atoms with Gasteiger partial charge in [-0.1, -0.05) is 11.6 Å². The van der Waals surface area contributed by atoms with Gasteiger partial charge in [-0.3, -0.25) is 9.59 Å². The molecule has 0 fully saturated rings. The molecular formula is C16H13ClN2O4. The number of anilines is 2. The summed E-state index contributed by atoms with van der Waals surface area (Å²) in [6, 6.07) is 9.74. The highest BCUT2D eigenvalue weighted by Gasteiger charge is 2.18. The van der Waals surface area contributed by atoms with E-state index in [2.05, 4.69) is 10.6 Å². The summed E-state index contributed by atoms with van der Waals surface area (Å²) in [7, 11) is 1.51. The van der Waals surface area contributed by atoms with Crippen LogP contribution in [0.3, 0.4) is 0 Å². The van der Waals surface area contributed by atoms with E-state index in [1.807, 2.05) is 0 Å². The zero-order valence-corrected chi connectivity index (χ0v) is 12.9. The molecule has 1 aliphatic heterocycles. The van der Waals surface area contributed by atoms with E-state index in [-0.39, 0.29) is 18.4 Å². The fourth-order valence-corrected chi connectivity index (χ4v) is 2.36. The molecule has 118 valence electrons. The Kier molecular flexibility index (Phi) is 4.08. The van der Waals surface area contributed by atoms with E-state index in [4.69, 9.17) is 21.1 Å². The summed E-state index contributed by atoms with van der Waals surface area (Å²) in [4.78, 5) is 23.6. The third-order valence-electron chi connectivity index (χ3n) is 3.29. The number of rotatable bonds is 3. The van der Waals surface area contributed by atoms with Crippen molar-refractivity contribution in [2.24, 2.45) is 0 Å². The number of fused-ring (bicyclic) bond motifs is 1. The third-order valence-corrected chi connectivity index (χ3v) is 3.52. The van der Waals surface area contributed by atoms with Crippen LogP contribution in [0.2, 0.25) is 5.02 Å². The van der Waals surface area contributed by atoms with Crippen LogP contribution in [0.15, 0.2) is 36.4 Å². The van der Waals surface area contributed by atoms with Gasteiger partial charge in [0.25, 0.3) is 11.8 Å². The molecule has 0 bridgehead atoms. The molecule has 0 saturated heterocycles. The Hall–Kier alpha value is -2.73. The molecule has 2 amide bonds. The summed E-state index contributed by atoms with van der Waals surface area (Å²) >= 11 is 5.94. The molecule has 23 heavy (non-hydrogen) atoms. The van der Waals surface area contributed by atoms with E-state index in [1.54, 1.807) is 36.4 Å². The van der Waals surface area contributed by atoms with Crippen molar-refractivity contribution in [3.05, 3.63) is 47.0 Å². The fourth-order valence-electron chi connectivity index (χ4n) is 2.19. The minimum absolute atomic E-state index is 0.0693. The van der Waals surface area contributed by atoms with Crippen molar-refractivity contribution < 1.29 is 19.1 Å². The fraction of sp³-hybridized carbons (Fsp3) is 0.125. The van der Waals surface area contributed by atoms with Gasteiger partial charge < -0.3 is 20.1 Å². The summed E-state index contributed by atoms with van der Waals surface area (Å²) in [6.07, 6.45) is 0. The van der Waals surface area contributed by atoms with Crippen LogP contribution >= 0.6 is 11.6 Å². The first-order valence-electron chi connectivity index (χ1n) is 6.78. The molecule has 3 rings (SSSR count). The topological polar surface area (TPSA) is 76.7 Å². The second-order valence-electron chi connectivity index (χ2n) is 4.85. The van der Waals surface area contributed by atoms with E-state index in [1.165, 1.54) is 7.11 Å². The Bertz CT molecular complexity index is 792. The summed E-state index contributed by atoms with van der Waals surface area (Å²) < 4.78 is 10.5. The molecule has 7 heteroatoms. The number of methoxy groups -OCH3 is 1. The first-order chi connectivity index (χ1) is 11.1. The molecule has 2 aromatic rings. The normalized spacial score (nSPS) is 12.7. The van der Waals surface area contributed by atoms with E-state index >= 15 is 0 Å². The van der Waals surface area contributed by atoms with Crippen molar-refractivity contribution in [2.75, 3.05) is 24.4 Å². The Labute approximate surface area is 137 Å². The molecule has 1 heterocycles. The van der Waals surface area contributed by atoms with Gasteiger partial charge >= 0.3 is 0 Å². The number of benzene rings is 2. The third kappa shape index (κ3) is 3.22. The van der Waals surface area contributed by atoms with Crippen LogP contribution in [0.25, 0.3) is 0 Å². The highest BCUT2D eigenvalue weighted by Crippen LogP contribution is 2.31. The highest BCUT2D eigenvalue weighted by atomic mass is 35.5. The van der Waals surface area contributed by atoms with Crippen LogP contribution in [0.4, 0.5) is 11.4 Å². The summed E-state index contributed by atoms with van der Waals surface area (Å²) in [5.74, 6) is 0.395. The summed E-state index contributed by atoms with van der Waals surface area (Å²) in [5.41, 5.74) is 1.40. The maximum atomic E-state index is 12.4. The van der Waals surface area contributed by atoms with Gasteiger partial charge in [0.05, 0.1) is 18.5 Å². The number of halogens is 1. The Morgan fingerprint density at radius 1 is 1.30 bits per heavy atom. The molecule has 0 spiro atoms. The van der Waals surface area contributed by atoms with Gasteiger partial charge in [-0.2, -0.15) is 0 Å². The van der Waals surface area contributed by atoms with Gasteiger partial charge in [0.2, 0.25) is 0 Å². The molecule has 0 aliphatic carbocycles. The number of ether oxygens (including phenoxy) is 2. The van der Waals surface area contributed by atoms with Crippen LogP contribution in [-0.2, 0) is 4.79 Å². The Morgan fingerprint density at radius 3 is 2.91 bits per heavy atom. The van der Waals surface area contributed by atoms with Crippen LogP contribution in [0.5, 0.6) is 11.5 Å². The van der Waals surface area contributed by atoms with Crippen molar-refractivity contribution in [2.45, 2.75) is 0 Å². The number of hydrogen-bond donors (Lipinski definition) is 2. The molecular weight excluding hydrogens is 320 g/mol. The first-order valence-corrected chi connectivity index (χ1v) is 7.16.